The molecule has 2 aromatic rings. The molecule has 2 unspecified atom stereocenters. The number of carbonyl (C=O) groups is 1. The van der Waals surface area contributed by atoms with Crippen molar-refractivity contribution in [3.63, 3.8) is 0 Å². The largest absolute Gasteiger partial charge is 0.276 e. The van der Waals surface area contributed by atoms with Crippen molar-refractivity contribution in [3.05, 3.63) is 53.6 Å². The Kier molecular flexibility index (Phi) is 3.70. The van der Waals surface area contributed by atoms with Crippen LogP contribution in [0.5, 0.6) is 0 Å². The molecule has 2 atom stereocenters. The minimum atomic E-state index is -0.292. The van der Waals surface area contributed by atoms with E-state index in [0.717, 1.165) is 17.5 Å². The Bertz CT molecular complexity index is 639. The number of hydrogen-bond donors (Lipinski definition) is 1. The molecule has 1 amide bonds. The summed E-state index contributed by atoms with van der Waals surface area (Å²) in [7, 11) is 1.85. The molecule has 6 heteroatoms. The Morgan fingerprint density at radius 3 is 2.90 bits per heavy atom. The van der Waals surface area contributed by atoms with Crippen LogP contribution in [0.15, 0.2) is 36.7 Å². The first kappa shape index (κ1) is 13.8. The maximum atomic E-state index is 12.7. The summed E-state index contributed by atoms with van der Waals surface area (Å²) in [4.78, 5) is 17.1. The average Bonchev–Trinajstić information content (AvgIpc) is 3.16. The predicted molar refractivity (Wildman–Crippen MR) is 73.4 cm³/mol. The summed E-state index contributed by atoms with van der Waals surface area (Å²) in [6.45, 7) is 0.219. The maximum Gasteiger partial charge on any atom is 0.247 e. The molecule has 5 nitrogen and oxygen atoms in total. The highest BCUT2D eigenvalue weighted by Gasteiger charge is 2.44. The van der Waals surface area contributed by atoms with Gasteiger partial charge >= 0.3 is 0 Å². The molecule has 1 N–H and O–H groups in total. The number of hydroxylamine groups is 1. The number of nitrogens with one attached hydrogen (secondary N) is 1. The fraction of sp³-hybridized carbons (Fsp3) is 0.333. The molecule has 1 heterocycles. The van der Waals surface area contributed by atoms with E-state index < -0.39 is 0 Å². The lowest BCUT2D eigenvalue weighted by Gasteiger charge is -2.05. The van der Waals surface area contributed by atoms with Gasteiger partial charge in [0.25, 0.3) is 0 Å². The van der Waals surface area contributed by atoms with Gasteiger partial charge in [-0.1, -0.05) is 12.1 Å². The highest BCUT2D eigenvalue weighted by molar-refractivity contribution is 5.81. The first-order valence-corrected chi connectivity index (χ1v) is 6.78. The van der Waals surface area contributed by atoms with E-state index in [1.54, 1.807) is 23.0 Å². The zero-order chi connectivity index (χ0) is 14.8. The van der Waals surface area contributed by atoms with Crippen molar-refractivity contribution < 1.29 is 14.0 Å². The summed E-state index contributed by atoms with van der Waals surface area (Å²) in [5, 5.41) is 4.10. The Hall–Kier alpha value is -2.21. The molecule has 1 aromatic heterocycles. The first-order valence-electron chi connectivity index (χ1n) is 6.78. The van der Waals surface area contributed by atoms with Gasteiger partial charge in [-0.2, -0.15) is 5.10 Å². The number of aromatic nitrogens is 2. The van der Waals surface area contributed by atoms with Crippen LogP contribution in [0, 0.1) is 11.7 Å². The van der Waals surface area contributed by atoms with Gasteiger partial charge in [-0.25, -0.2) is 9.87 Å². The normalized spacial score (nSPS) is 20.3. The Balaban J connectivity index is 1.44. The van der Waals surface area contributed by atoms with Crippen LogP contribution < -0.4 is 5.48 Å². The molecule has 1 fully saturated rings. The minimum Gasteiger partial charge on any atom is -0.276 e. The smallest absolute Gasteiger partial charge is 0.247 e. The Labute approximate surface area is 121 Å². The van der Waals surface area contributed by atoms with Crippen LogP contribution in [0.4, 0.5) is 4.39 Å². The molecule has 1 aliphatic carbocycles. The van der Waals surface area contributed by atoms with Gasteiger partial charge in [0.2, 0.25) is 5.91 Å². The van der Waals surface area contributed by atoms with E-state index in [9.17, 15) is 9.18 Å². The lowest BCUT2D eigenvalue weighted by atomic mass is 10.2. The molecule has 0 spiro atoms. The van der Waals surface area contributed by atoms with Gasteiger partial charge in [0.05, 0.1) is 12.8 Å². The zero-order valence-corrected chi connectivity index (χ0v) is 11.6. The number of rotatable bonds is 5. The van der Waals surface area contributed by atoms with Crippen molar-refractivity contribution in [2.75, 3.05) is 0 Å². The van der Waals surface area contributed by atoms with Gasteiger partial charge in [0.1, 0.15) is 5.82 Å². The summed E-state index contributed by atoms with van der Waals surface area (Å²) >= 11 is 0. The lowest BCUT2D eigenvalue weighted by molar-refractivity contribution is -0.136. The summed E-state index contributed by atoms with van der Waals surface area (Å²) in [5.74, 6) is -0.235. The fourth-order valence-electron chi connectivity index (χ4n) is 2.33. The number of benzene rings is 1. The second-order valence-electron chi connectivity index (χ2n) is 5.28. The van der Waals surface area contributed by atoms with Gasteiger partial charge in [0.15, 0.2) is 0 Å². The van der Waals surface area contributed by atoms with Crippen LogP contribution in [-0.2, 0) is 23.3 Å². The van der Waals surface area contributed by atoms with E-state index in [1.165, 1.54) is 12.1 Å². The van der Waals surface area contributed by atoms with Gasteiger partial charge < -0.3 is 0 Å². The van der Waals surface area contributed by atoms with Crippen molar-refractivity contribution in [1.82, 2.24) is 15.3 Å². The van der Waals surface area contributed by atoms with Gasteiger partial charge in [-0.15, -0.1) is 0 Å². The number of amides is 1. The first-order chi connectivity index (χ1) is 10.1. The summed E-state index contributed by atoms with van der Waals surface area (Å²) in [6, 6.07) is 5.97. The third-order valence-corrected chi connectivity index (χ3v) is 3.61. The second-order valence-corrected chi connectivity index (χ2v) is 5.28. The van der Waals surface area contributed by atoms with Crippen molar-refractivity contribution in [3.8, 4) is 0 Å². The zero-order valence-electron chi connectivity index (χ0n) is 11.6. The molecule has 1 aliphatic rings. The molecular weight excluding hydrogens is 273 g/mol. The minimum absolute atomic E-state index is 0.0533. The van der Waals surface area contributed by atoms with E-state index in [0.29, 0.717) is 0 Å². The molecule has 3 rings (SSSR count). The number of nitrogens with zero attached hydrogens (tertiary/aromatic N) is 2. The molecule has 21 heavy (non-hydrogen) atoms. The van der Waals surface area contributed by atoms with Crippen molar-refractivity contribution in [2.24, 2.45) is 13.0 Å². The highest BCUT2D eigenvalue weighted by Crippen LogP contribution is 2.47. The third-order valence-electron chi connectivity index (χ3n) is 3.61. The van der Waals surface area contributed by atoms with E-state index in [-0.39, 0.29) is 30.2 Å². The number of halogens is 1. The quantitative estimate of drug-likeness (QED) is 0.855. The highest BCUT2D eigenvalue weighted by atomic mass is 19.1. The van der Waals surface area contributed by atoms with Crippen molar-refractivity contribution >= 4 is 5.91 Å². The third kappa shape index (κ3) is 3.28. The van der Waals surface area contributed by atoms with Crippen LogP contribution >= 0.6 is 0 Å². The molecular formula is C15H16FN3O2. The Morgan fingerprint density at radius 2 is 2.24 bits per heavy atom. The molecule has 0 radical (unpaired) electrons. The Morgan fingerprint density at radius 1 is 1.48 bits per heavy atom. The fourth-order valence-corrected chi connectivity index (χ4v) is 2.33. The van der Waals surface area contributed by atoms with Gasteiger partial charge in [-0.05, 0) is 35.6 Å². The lowest BCUT2D eigenvalue weighted by Crippen LogP contribution is -2.25. The summed E-state index contributed by atoms with van der Waals surface area (Å²) in [5.41, 5.74) is 4.34. The molecule has 1 aromatic carbocycles. The predicted octanol–water partition coefficient (Wildman–Crippen LogP) is 1.91. The van der Waals surface area contributed by atoms with Crippen molar-refractivity contribution in [1.29, 1.82) is 0 Å². The van der Waals surface area contributed by atoms with Crippen LogP contribution in [0.25, 0.3) is 0 Å². The standard InChI is InChI=1S/C15H16FN3O2/c1-19-8-11(7-17-19)13-6-14(13)15(20)18-21-9-10-2-4-12(16)5-3-10/h2-5,7-8,13-14H,6,9H2,1H3,(H,18,20). The number of carbonyl (C=O) groups excluding carboxylic acids is 1. The van der Waals surface area contributed by atoms with Crippen LogP contribution in [-0.4, -0.2) is 15.7 Å². The van der Waals surface area contributed by atoms with E-state index in [1.807, 2.05) is 13.2 Å². The van der Waals surface area contributed by atoms with E-state index in [4.69, 9.17) is 4.84 Å². The number of hydrogen-bond acceptors (Lipinski definition) is 3. The van der Waals surface area contributed by atoms with Gasteiger partial charge in [-0.3, -0.25) is 14.3 Å². The molecule has 110 valence electrons. The molecule has 0 aliphatic heterocycles. The molecule has 0 bridgehead atoms. The van der Waals surface area contributed by atoms with Crippen LogP contribution in [0.2, 0.25) is 0 Å². The van der Waals surface area contributed by atoms with Gasteiger partial charge in [0, 0.05) is 19.2 Å². The summed E-state index contributed by atoms with van der Waals surface area (Å²) in [6.07, 6.45) is 4.53. The maximum absolute atomic E-state index is 12.7. The van der Waals surface area contributed by atoms with Crippen LogP contribution in [0.3, 0.4) is 0 Å². The average molecular weight is 289 g/mol. The van der Waals surface area contributed by atoms with E-state index >= 15 is 0 Å². The van der Waals surface area contributed by atoms with Crippen LogP contribution in [0.1, 0.15) is 23.5 Å². The number of aryl methyl sites for hydroxylation is 1. The SMILES string of the molecule is Cn1cc(C2CC2C(=O)NOCc2ccc(F)cc2)cn1. The molecule has 0 saturated heterocycles. The van der Waals surface area contributed by atoms with E-state index in [2.05, 4.69) is 10.6 Å². The topological polar surface area (TPSA) is 56.2 Å². The monoisotopic (exact) mass is 289 g/mol. The van der Waals surface area contributed by atoms with Crippen molar-refractivity contribution in [2.45, 2.75) is 18.9 Å². The molecule has 1 saturated carbocycles. The summed E-state index contributed by atoms with van der Waals surface area (Å²) < 4.78 is 14.5. The second kappa shape index (κ2) is 5.65.